The van der Waals surface area contributed by atoms with Crippen LogP contribution < -0.4 is 0 Å². The Balaban J connectivity index is 1.66. The van der Waals surface area contributed by atoms with Crippen LogP contribution in [0.5, 0.6) is 0 Å². The summed E-state index contributed by atoms with van der Waals surface area (Å²) in [6.07, 6.45) is -3.40. The number of fused-ring (bicyclic) bond motifs is 4. The first-order valence-electron chi connectivity index (χ1n) is 11.8. The minimum atomic E-state index is -4.67. The number of rotatable bonds is 2. The lowest BCUT2D eigenvalue weighted by atomic mass is 9.71. The van der Waals surface area contributed by atoms with Gasteiger partial charge < -0.3 is 4.90 Å². The average Bonchev–Trinajstić information content (AvgIpc) is 2.81. The van der Waals surface area contributed by atoms with E-state index >= 15 is 0 Å². The molecule has 0 radical (unpaired) electrons. The third kappa shape index (κ3) is 4.05. The smallest absolute Gasteiger partial charge is 0.326 e. The third-order valence-electron chi connectivity index (χ3n) is 7.33. The van der Waals surface area contributed by atoms with Crippen LogP contribution in [-0.2, 0) is 12.6 Å². The Morgan fingerprint density at radius 2 is 1.75 bits per heavy atom. The second-order valence-corrected chi connectivity index (χ2v) is 10.2. The van der Waals surface area contributed by atoms with Gasteiger partial charge >= 0.3 is 6.18 Å². The summed E-state index contributed by atoms with van der Waals surface area (Å²) in [5.41, 5.74) is 1.81. The van der Waals surface area contributed by atoms with E-state index < -0.39 is 28.7 Å². The second-order valence-electron chi connectivity index (χ2n) is 9.77. The molecule has 0 spiro atoms. The van der Waals surface area contributed by atoms with E-state index in [0.29, 0.717) is 23.6 Å². The van der Waals surface area contributed by atoms with Gasteiger partial charge in [0.15, 0.2) is 0 Å². The van der Waals surface area contributed by atoms with Gasteiger partial charge in [-0.05, 0) is 68.0 Å². The number of carbonyl (C=O) groups is 1. The standard InChI is InChI=1S/C27H24ClF4N3O/c1-13-11-14(2)25-24-19(23(33-15(3)34-24)16-7-9-17(29)10-8-16)12-21(13)35(25)26(36)18-5-4-6-20(22(18)28)27(30,31)32/h4-10,13-14,21,25H,11-12H2,1-3H3/t13-,14+,21+,25+/m0/s1. The highest BCUT2D eigenvalue weighted by molar-refractivity contribution is 6.34. The van der Waals surface area contributed by atoms with E-state index in [1.165, 1.54) is 24.3 Å². The summed E-state index contributed by atoms with van der Waals surface area (Å²) in [4.78, 5) is 25.0. The molecule has 2 bridgehead atoms. The van der Waals surface area contributed by atoms with Gasteiger partial charge in [0.2, 0.25) is 0 Å². The van der Waals surface area contributed by atoms with E-state index in [-0.39, 0.29) is 29.3 Å². The summed E-state index contributed by atoms with van der Waals surface area (Å²) in [6.45, 7) is 5.82. The molecule has 2 aromatic carbocycles. The fourth-order valence-electron chi connectivity index (χ4n) is 5.78. The van der Waals surface area contributed by atoms with Gasteiger partial charge in [0.1, 0.15) is 11.6 Å². The number of hydrogen-bond donors (Lipinski definition) is 0. The van der Waals surface area contributed by atoms with Crippen LogP contribution in [0.15, 0.2) is 42.5 Å². The molecule has 2 aliphatic heterocycles. The van der Waals surface area contributed by atoms with Gasteiger partial charge in [0, 0.05) is 17.2 Å². The largest absolute Gasteiger partial charge is 0.417 e. The summed E-state index contributed by atoms with van der Waals surface area (Å²) in [7, 11) is 0. The van der Waals surface area contributed by atoms with E-state index in [1.54, 1.807) is 24.0 Å². The van der Waals surface area contributed by atoms with Gasteiger partial charge in [-0.25, -0.2) is 14.4 Å². The lowest BCUT2D eigenvalue weighted by molar-refractivity contribution is -0.137. The molecule has 0 N–H and O–H groups in total. The number of halogens is 5. The first kappa shape index (κ1) is 24.7. The Labute approximate surface area is 211 Å². The van der Waals surface area contributed by atoms with Crippen molar-refractivity contribution in [1.29, 1.82) is 0 Å². The summed E-state index contributed by atoms with van der Waals surface area (Å²) >= 11 is 6.16. The zero-order valence-corrected chi connectivity index (χ0v) is 20.7. The zero-order valence-electron chi connectivity index (χ0n) is 19.9. The van der Waals surface area contributed by atoms with Crippen molar-refractivity contribution in [2.75, 3.05) is 0 Å². The normalized spacial score (nSPS) is 23.4. The maximum absolute atomic E-state index is 13.9. The molecule has 5 rings (SSSR count). The van der Waals surface area contributed by atoms with Gasteiger partial charge in [-0.3, -0.25) is 4.79 Å². The number of aryl methyl sites for hydroxylation is 1. The molecule has 3 aromatic rings. The van der Waals surface area contributed by atoms with Crippen molar-refractivity contribution in [2.45, 2.75) is 51.9 Å². The Kier molecular flexibility index (Phi) is 6.06. The monoisotopic (exact) mass is 517 g/mol. The van der Waals surface area contributed by atoms with Gasteiger partial charge in [0.05, 0.1) is 33.6 Å². The number of amides is 1. The van der Waals surface area contributed by atoms with Crippen LogP contribution in [0.25, 0.3) is 11.3 Å². The number of nitrogens with zero attached hydrogens (tertiary/aromatic N) is 3. The Morgan fingerprint density at radius 3 is 2.42 bits per heavy atom. The van der Waals surface area contributed by atoms with E-state index in [2.05, 4.69) is 4.98 Å². The summed E-state index contributed by atoms with van der Waals surface area (Å²) < 4.78 is 54.1. The highest BCUT2D eigenvalue weighted by Crippen LogP contribution is 2.49. The molecular weight excluding hydrogens is 494 g/mol. The minimum absolute atomic E-state index is 0.000748. The van der Waals surface area contributed by atoms with Crippen LogP contribution in [0.3, 0.4) is 0 Å². The lowest BCUT2D eigenvalue weighted by Crippen LogP contribution is -2.56. The van der Waals surface area contributed by atoms with Crippen molar-refractivity contribution in [1.82, 2.24) is 14.9 Å². The topological polar surface area (TPSA) is 46.1 Å². The molecule has 0 saturated carbocycles. The summed E-state index contributed by atoms with van der Waals surface area (Å²) in [5, 5.41) is -0.593. The molecule has 0 aliphatic carbocycles. The molecule has 1 fully saturated rings. The van der Waals surface area contributed by atoms with Crippen LogP contribution in [0, 0.1) is 24.6 Å². The molecule has 4 atom stereocenters. The van der Waals surface area contributed by atoms with E-state index in [4.69, 9.17) is 16.6 Å². The molecule has 0 unspecified atom stereocenters. The fraction of sp³-hybridized carbons (Fsp3) is 0.370. The van der Waals surface area contributed by atoms with Crippen LogP contribution in [-0.4, -0.2) is 26.8 Å². The maximum Gasteiger partial charge on any atom is 0.417 e. The van der Waals surface area contributed by atoms with Gasteiger partial charge in [-0.1, -0.05) is 31.5 Å². The SMILES string of the molecule is Cc1nc(-c2ccc(F)cc2)c2c(n1)[C@H]1[C@H](C)C[C@H](C)[C@@H](C2)N1C(=O)c1cccc(C(F)(F)F)c1Cl. The van der Waals surface area contributed by atoms with Gasteiger partial charge in [0.25, 0.3) is 5.91 Å². The molecule has 3 heterocycles. The van der Waals surface area contributed by atoms with Crippen molar-refractivity contribution in [3.8, 4) is 11.3 Å². The predicted octanol–water partition coefficient (Wildman–Crippen LogP) is 7.05. The molecule has 1 amide bonds. The molecule has 4 nitrogen and oxygen atoms in total. The quantitative estimate of drug-likeness (QED) is 0.342. The highest BCUT2D eigenvalue weighted by atomic mass is 35.5. The number of alkyl halides is 3. The Bertz CT molecular complexity index is 1340. The van der Waals surface area contributed by atoms with E-state index in [9.17, 15) is 22.4 Å². The fourth-order valence-corrected chi connectivity index (χ4v) is 6.09. The molecule has 188 valence electrons. The molecule has 1 saturated heterocycles. The van der Waals surface area contributed by atoms with Crippen molar-refractivity contribution in [3.63, 3.8) is 0 Å². The van der Waals surface area contributed by atoms with E-state index in [1.807, 2.05) is 13.8 Å². The zero-order chi connectivity index (χ0) is 25.9. The Morgan fingerprint density at radius 1 is 1.06 bits per heavy atom. The van der Waals surface area contributed by atoms with Crippen molar-refractivity contribution < 1.29 is 22.4 Å². The van der Waals surface area contributed by atoms with Gasteiger partial charge in [-0.2, -0.15) is 13.2 Å². The average molecular weight is 518 g/mol. The Hall–Kier alpha value is -3.00. The van der Waals surface area contributed by atoms with Crippen LogP contribution in [0.4, 0.5) is 17.6 Å². The predicted molar refractivity (Wildman–Crippen MR) is 128 cm³/mol. The van der Waals surface area contributed by atoms with Crippen molar-refractivity contribution in [2.24, 2.45) is 11.8 Å². The third-order valence-corrected chi connectivity index (χ3v) is 7.73. The first-order valence-corrected chi connectivity index (χ1v) is 12.2. The lowest BCUT2D eigenvalue weighted by Gasteiger charge is -2.52. The van der Waals surface area contributed by atoms with Crippen LogP contribution in [0.2, 0.25) is 5.02 Å². The molecule has 36 heavy (non-hydrogen) atoms. The molecule has 9 heteroatoms. The number of benzene rings is 2. The number of hydrogen-bond acceptors (Lipinski definition) is 3. The minimum Gasteiger partial charge on any atom is -0.326 e. The first-order chi connectivity index (χ1) is 17.0. The second kappa shape index (κ2) is 8.83. The van der Waals surface area contributed by atoms with Crippen LogP contribution >= 0.6 is 11.6 Å². The number of piperidine rings is 1. The maximum atomic E-state index is 13.9. The molecular formula is C27H24ClF4N3O. The van der Waals surface area contributed by atoms with Crippen molar-refractivity contribution in [3.05, 3.63) is 81.5 Å². The number of carbonyl (C=O) groups excluding carboxylic acids is 1. The van der Waals surface area contributed by atoms with Gasteiger partial charge in [-0.15, -0.1) is 0 Å². The summed E-state index contributed by atoms with van der Waals surface area (Å²) in [6, 6.07) is 8.79. The summed E-state index contributed by atoms with van der Waals surface area (Å²) in [5.74, 6) is -0.307. The number of aromatic nitrogens is 2. The van der Waals surface area contributed by atoms with Crippen LogP contribution in [0.1, 0.15) is 59.3 Å². The molecule has 1 aromatic heterocycles. The van der Waals surface area contributed by atoms with Crippen molar-refractivity contribution >= 4 is 17.5 Å². The highest BCUT2D eigenvalue weighted by Gasteiger charge is 2.49. The van der Waals surface area contributed by atoms with E-state index in [0.717, 1.165) is 23.6 Å². The molecule has 2 aliphatic rings.